The van der Waals surface area contributed by atoms with E-state index in [-0.39, 0.29) is 11.5 Å². The molecule has 1 fully saturated rings. The van der Waals surface area contributed by atoms with Crippen LogP contribution in [0.2, 0.25) is 0 Å². The van der Waals surface area contributed by atoms with E-state index >= 15 is 0 Å². The molecule has 10 nitrogen and oxygen atoms in total. The number of ether oxygens (including phenoxy) is 4. The smallest absolute Gasteiger partial charge is 0.338 e. The summed E-state index contributed by atoms with van der Waals surface area (Å²) in [6.45, 7) is -0.411. The van der Waals surface area contributed by atoms with Gasteiger partial charge in [0.25, 0.3) is 0 Å². The van der Waals surface area contributed by atoms with Crippen LogP contribution in [0.5, 0.6) is 11.5 Å². The van der Waals surface area contributed by atoms with E-state index in [1.54, 1.807) is 30.3 Å². The van der Waals surface area contributed by atoms with Crippen LogP contribution in [0.25, 0.3) is 6.08 Å². The Morgan fingerprint density at radius 2 is 1.76 bits per heavy atom. The summed E-state index contributed by atoms with van der Waals surface area (Å²) in [6.07, 6.45) is -4.98. The van der Waals surface area contributed by atoms with Gasteiger partial charge in [0, 0.05) is 12.1 Å². The Labute approximate surface area is 189 Å². The predicted octanol–water partition coefficient (Wildman–Crippen LogP) is 0.622. The Morgan fingerprint density at radius 1 is 1.03 bits per heavy atom. The van der Waals surface area contributed by atoms with Crippen molar-refractivity contribution in [3.63, 3.8) is 0 Å². The molecular formula is C23H24O10. The molecular weight excluding hydrogens is 436 g/mol. The van der Waals surface area contributed by atoms with Crippen LogP contribution in [0.15, 0.2) is 54.6 Å². The van der Waals surface area contributed by atoms with Gasteiger partial charge in [-0.1, -0.05) is 18.2 Å². The number of aliphatic hydroxyl groups excluding tert-OH is 3. The number of carbonyl (C=O) groups is 2. The number of aliphatic hydroxyl groups is 3. The fraction of sp³-hybridized carbons (Fsp3) is 0.304. The summed E-state index contributed by atoms with van der Waals surface area (Å²) in [5, 5.41) is 40.7. The molecule has 0 bridgehead atoms. The summed E-state index contributed by atoms with van der Waals surface area (Å²) in [5.41, 5.74) is 0.679. The third-order valence-electron chi connectivity index (χ3n) is 4.84. The van der Waals surface area contributed by atoms with Crippen LogP contribution in [0.3, 0.4) is 0 Å². The van der Waals surface area contributed by atoms with Gasteiger partial charge in [0.1, 0.15) is 42.5 Å². The van der Waals surface area contributed by atoms with Crippen molar-refractivity contribution in [3.8, 4) is 11.5 Å². The van der Waals surface area contributed by atoms with E-state index in [0.717, 1.165) is 6.08 Å². The second kappa shape index (κ2) is 10.9. The van der Waals surface area contributed by atoms with Crippen molar-refractivity contribution in [1.82, 2.24) is 0 Å². The monoisotopic (exact) mass is 460 g/mol. The van der Waals surface area contributed by atoms with Gasteiger partial charge in [0.05, 0.1) is 12.7 Å². The van der Waals surface area contributed by atoms with Crippen LogP contribution >= 0.6 is 0 Å². The minimum atomic E-state index is -1.65. The largest absolute Gasteiger partial charge is 0.508 e. The highest BCUT2D eigenvalue weighted by atomic mass is 16.7. The van der Waals surface area contributed by atoms with E-state index in [2.05, 4.69) is 4.74 Å². The Bertz CT molecular complexity index is 990. The molecule has 5 atom stereocenters. The highest BCUT2D eigenvalue weighted by Crippen LogP contribution is 2.28. The standard InChI is InChI=1S/C23H24O10/c1-30-18(25)8-7-13-9-15(24)11-16(10-13)32-23-21(28)20(27)19(26)17(33-23)12-31-22(29)14-5-3-2-4-6-14/h2-11,17,19-21,23-24,26-28H,12H2,1H3/b8-7+/t17-,19-,20+,21-,23-/m1/s1. The zero-order valence-corrected chi connectivity index (χ0v) is 17.6. The summed E-state index contributed by atoms with van der Waals surface area (Å²) >= 11 is 0. The number of rotatable bonds is 7. The number of carbonyl (C=O) groups excluding carboxylic acids is 2. The number of phenolic OH excluding ortho intramolecular Hbond substituents is 1. The van der Waals surface area contributed by atoms with Gasteiger partial charge in [-0.2, -0.15) is 0 Å². The molecule has 33 heavy (non-hydrogen) atoms. The average Bonchev–Trinajstić information content (AvgIpc) is 2.82. The zero-order valence-electron chi connectivity index (χ0n) is 17.6. The van der Waals surface area contributed by atoms with Crippen molar-refractivity contribution >= 4 is 18.0 Å². The minimum Gasteiger partial charge on any atom is -0.508 e. The summed E-state index contributed by atoms with van der Waals surface area (Å²) < 4.78 is 20.8. The molecule has 1 heterocycles. The molecule has 1 aliphatic rings. The van der Waals surface area contributed by atoms with E-state index in [1.165, 1.54) is 31.4 Å². The van der Waals surface area contributed by atoms with Crippen molar-refractivity contribution in [2.24, 2.45) is 0 Å². The SMILES string of the molecule is COC(=O)/C=C/c1cc(O)cc(O[C@@H]2O[C@H](COC(=O)c3ccccc3)[C@@H](O)[C@H](O)[C@H]2O)c1. The third-order valence-corrected chi connectivity index (χ3v) is 4.84. The zero-order chi connectivity index (χ0) is 24.0. The number of hydrogen-bond acceptors (Lipinski definition) is 10. The average molecular weight is 460 g/mol. The Morgan fingerprint density at radius 3 is 2.45 bits per heavy atom. The molecule has 2 aromatic carbocycles. The topological polar surface area (TPSA) is 152 Å². The van der Waals surface area contributed by atoms with Gasteiger partial charge in [0.15, 0.2) is 0 Å². The molecule has 0 spiro atoms. The van der Waals surface area contributed by atoms with Gasteiger partial charge in [-0.25, -0.2) is 9.59 Å². The summed E-state index contributed by atoms with van der Waals surface area (Å²) in [7, 11) is 1.22. The second-order valence-electron chi connectivity index (χ2n) is 7.21. The van der Waals surface area contributed by atoms with Crippen LogP contribution in [0.1, 0.15) is 15.9 Å². The van der Waals surface area contributed by atoms with Crippen molar-refractivity contribution in [2.75, 3.05) is 13.7 Å². The van der Waals surface area contributed by atoms with Gasteiger partial charge in [-0.05, 0) is 35.9 Å². The van der Waals surface area contributed by atoms with Gasteiger partial charge in [0.2, 0.25) is 6.29 Å². The Balaban J connectivity index is 1.69. The molecule has 10 heteroatoms. The summed E-state index contributed by atoms with van der Waals surface area (Å²) in [5.74, 6) is -1.40. The fourth-order valence-electron chi connectivity index (χ4n) is 3.10. The first-order chi connectivity index (χ1) is 15.8. The van der Waals surface area contributed by atoms with Crippen molar-refractivity contribution in [3.05, 3.63) is 65.7 Å². The number of methoxy groups -OCH3 is 1. The second-order valence-corrected chi connectivity index (χ2v) is 7.21. The highest BCUT2D eigenvalue weighted by Gasteiger charge is 2.45. The number of benzene rings is 2. The van der Waals surface area contributed by atoms with Crippen LogP contribution in [0.4, 0.5) is 0 Å². The van der Waals surface area contributed by atoms with Crippen LogP contribution < -0.4 is 4.74 Å². The molecule has 1 aliphatic heterocycles. The number of aromatic hydroxyl groups is 1. The van der Waals surface area contributed by atoms with Crippen LogP contribution in [-0.2, 0) is 19.0 Å². The van der Waals surface area contributed by atoms with Gasteiger partial charge in [-0.15, -0.1) is 0 Å². The van der Waals surface area contributed by atoms with E-state index in [9.17, 15) is 30.0 Å². The van der Waals surface area contributed by atoms with E-state index < -0.39 is 49.3 Å². The first kappa shape index (κ1) is 24.2. The molecule has 0 radical (unpaired) electrons. The van der Waals surface area contributed by atoms with Gasteiger partial charge >= 0.3 is 11.9 Å². The third kappa shape index (κ3) is 6.30. The molecule has 0 unspecified atom stereocenters. The first-order valence-corrected chi connectivity index (χ1v) is 9.97. The van der Waals surface area contributed by atoms with Crippen LogP contribution in [-0.4, -0.2) is 76.8 Å². The van der Waals surface area contributed by atoms with E-state index in [1.807, 2.05) is 0 Å². The molecule has 2 aromatic rings. The molecule has 176 valence electrons. The van der Waals surface area contributed by atoms with Crippen molar-refractivity contribution < 1.29 is 49.0 Å². The predicted molar refractivity (Wildman–Crippen MR) is 113 cm³/mol. The van der Waals surface area contributed by atoms with Crippen molar-refractivity contribution in [1.29, 1.82) is 0 Å². The molecule has 3 rings (SSSR count). The fourth-order valence-corrected chi connectivity index (χ4v) is 3.10. The maximum atomic E-state index is 12.1. The molecule has 0 aliphatic carbocycles. The van der Waals surface area contributed by atoms with Gasteiger partial charge in [-0.3, -0.25) is 0 Å². The molecule has 1 saturated heterocycles. The lowest BCUT2D eigenvalue weighted by Gasteiger charge is -2.39. The molecule has 0 saturated carbocycles. The van der Waals surface area contributed by atoms with Crippen LogP contribution in [0, 0.1) is 0 Å². The highest BCUT2D eigenvalue weighted by molar-refractivity contribution is 5.89. The Kier molecular flexibility index (Phi) is 8.01. The van der Waals surface area contributed by atoms with Gasteiger partial charge < -0.3 is 39.4 Å². The lowest BCUT2D eigenvalue weighted by molar-refractivity contribution is -0.277. The molecule has 0 amide bonds. The quantitative estimate of drug-likeness (QED) is 0.342. The summed E-state index contributed by atoms with van der Waals surface area (Å²) in [4.78, 5) is 23.4. The molecule has 4 N–H and O–H groups in total. The van der Waals surface area contributed by atoms with Crippen molar-refractivity contribution in [2.45, 2.75) is 30.7 Å². The number of phenols is 1. The number of esters is 2. The normalized spacial score (nSPS) is 24.9. The minimum absolute atomic E-state index is 0.0483. The summed E-state index contributed by atoms with van der Waals surface area (Å²) in [6, 6.07) is 12.2. The molecule has 0 aromatic heterocycles. The number of hydrogen-bond donors (Lipinski definition) is 4. The Hall–Kier alpha value is -3.44. The lowest BCUT2D eigenvalue weighted by atomic mass is 9.99. The lowest BCUT2D eigenvalue weighted by Crippen LogP contribution is -2.60. The maximum Gasteiger partial charge on any atom is 0.338 e. The van der Waals surface area contributed by atoms with E-state index in [4.69, 9.17) is 14.2 Å². The van der Waals surface area contributed by atoms with E-state index in [0.29, 0.717) is 11.1 Å². The maximum absolute atomic E-state index is 12.1. The first-order valence-electron chi connectivity index (χ1n) is 9.97.